The largest absolute Gasteiger partial charge is 0.491 e. The molecule has 186 valence electrons. The van der Waals surface area contributed by atoms with Gasteiger partial charge in [0.05, 0.1) is 24.7 Å². The van der Waals surface area contributed by atoms with Crippen LogP contribution < -0.4 is 10.1 Å². The van der Waals surface area contributed by atoms with E-state index in [0.29, 0.717) is 5.56 Å². The monoisotopic (exact) mass is 479 g/mol. The van der Waals surface area contributed by atoms with Crippen molar-refractivity contribution >= 4 is 11.9 Å². The van der Waals surface area contributed by atoms with Crippen molar-refractivity contribution in [1.82, 2.24) is 5.32 Å². The molecule has 0 aliphatic carbocycles. The highest BCUT2D eigenvalue weighted by Crippen LogP contribution is 2.27. The molecule has 0 aliphatic heterocycles. The Labute approximate surface area is 206 Å². The van der Waals surface area contributed by atoms with Gasteiger partial charge in [0, 0.05) is 24.1 Å². The number of aliphatic carboxylic acids is 1. The number of nitrogens with one attached hydrogen (secondary N) is 1. The predicted octanol–water partition coefficient (Wildman–Crippen LogP) is 5.39. The lowest BCUT2D eigenvalue weighted by Gasteiger charge is -2.18. The number of furan rings is 1. The minimum Gasteiger partial charge on any atom is -0.491 e. The normalized spacial score (nSPS) is 12.1. The maximum atomic E-state index is 13.0. The molecule has 0 saturated carbocycles. The van der Waals surface area contributed by atoms with E-state index in [1.54, 1.807) is 24.7 Å². The van der Waals surface area contributed by atoms with Crippen molar-refractivity contribution in [2.75, 3.05) is 0 Å². The van der Waals surface area contributed by atoms with Crippen LogP contribution in [0.1, 0.15) is 54.7 Å². The highest BCUT2D eigenvalue weighted by molar-refractivity contribution is 5.95. The summed E-state index contributed by atoms with van der Waals surface area (Å²) in [6.45, 7) is 9.66. The van der Waals surface area contributed by atoms with Crippen molar-refractivity contribution in [2.24, 2.45) is 0 Å². The first-order valence-electron chi connectivity index (χ1n) is 11.7. The Morgan fingerprint density at radius 1 is 1.03 bits per heavy atom. The first-order chi connectivity index (χ1) is 16.6. The van der Waals surface area contributed by atoms with Crippen molar-refractivity contribution in [3.63, 3.8) is 0 Å². The second-order valence-corrected chi connectivity index (χ2v) is 9.05. The summed E-state index contributed by atoms with van der Waals surface area (Å²) in [6, 6.07) is 13.0. The van der Waals surface area contributed by atoms with Crippen molar-refractivity contribution < 1.29 is 28.6 Å². The van der Waals surface area contributed by atoms with E-state index >= 15 is 0 Å². The second kappa shape index (κ2) is 11.7. The minimum absolute atomic E-state index is 0.0503. The molecular weight excluding hydrogens is 446 g/mol. The third-order valence-electron chi connectivity index (χ3n) is 5.39. The number of hydrogen-bond acceptors (Lipinski definition) is 5. The molecule has 1 atom stereocenters. The summed E-state index contributed by atoms with van der Waals surface area (Å²) in [4.78, 5) is 24.6. The number of hydrogen-bond donors (Lipinski definition) is 2. The molecule has 0 radical (unpaired) electrons. The van der Waals surface area contributed by atoms with Crippen LogP contribution in [0.25, 0.3) is 11.1 Å². The third-order valence-corrected chi connectivity index (χ3v) is 5.39. The average Bonchev–Trinajstić information content (AvgIpc) is 3.31. The van der Waals surface area contributed by atoms with Crippen LogP contribution >= 0.6 is 0 Å². The zero-order valence-electron chi connectivity index (χ0n) is 20.8. The Morgan fingerprint density at radius 3 is 2.40 bits per heavy atom. The van der Waals surface area contributed by atoms with Crippen molar-refractivity contribution in [3.8, 4) is 16.9 Å². The number of carboxylic acids is 1. The molecular formula is C28H33NO6. The molecule has 0 bridgehead atoms. The maximum absolute atomic E-state index is 13.0. The van der Waals surface area contributed by atoms with Crippen LogP contribution in [0.15, 0.2) is 59.4 Å². The number of carbonyl (C=O) groups excluding carboxylic acids is 1. The van der Waals surface area contributed by atoms with E-state index in [1.165, 1.54) is 0 Å². The van der Waals surface area contributed by atoms with Crippen LogP contribution in [0.5, 0.6) is 5.75 Å². The molecule has 1 unspecified atom stereocenters. The van der Waals surface area contributed by atoms with Gasteiger partial charge >= 0.3 is 5.97 Å². The molecule has 0 aliphatic rings. The number of amides is 1. The van der Waals surface area contributed by atoms with Crippen molar-refractivity contribution in [3.05, 3.63) is 77.2 Å². The minimum atomic E-state index is -1.01. The van der Waals surface area contributed by atoms with Gasteiger partial charge in [-0.2, -0.15) is 0 Å². The molecule has 1 amide bonds. The van der Waals surface area contributed by atoms with Crippen LogP contribution in [0.3, 0.4) is 0 Å². The van der Waals surface area contributed by atoms with Gasteiger partial charge in [0.15, 0.2) is 6.10 Å². The van der Waals surface area contributed by atoms with E-state index < -0.39 is 12.1 Å². The van der Waals surface area contributed by atoms with Crippen molar-refractivity contribution in [1.29, 1.82) is 0 Å². The number of carbonyl (C=O) groups is 2. The van der Waals surface area contributed by atoms with Crippen LogP contribution in [0, 0.1) is 6.92 Å². The Balaban J connectivity index is 1.82. The van der Waals surface area contributed by atoms with Crippen molar-refractivity contribution in [2.45, 2.75) is 65.9 Å². The molecule has 0 saturated heterocycles. The van der Waals surface area contributed by atoms with Gasteiger partial charge in [-0.05, 0) is 81.1 Å². The summed E-state index contributed by atoms with van der Waals surface area (Å²) in [5.41, 5.74) is 4.82. The van der Waals surface area contributed by atoms with Gasteiger partial charge in [0.2, 0.25) is 0 Å². The zero-order chi connectivity index (χ0) is 25.5. The summed E-state index contributed by atoms with van der Waals surface area (Å²) in [5.74, 6) is -0.484. The zero-order valence-corrected chi connectivity index (χ0v) is 20.8. The van der Waals surface area contributed by atoms with Gasteiger partial charge < -0.3 is 24.3 Å². The SMILES string of the molecule is Cc1cc(OC(C)C)ccc1C(=O)NCc1cc(CC(OC(C)C)C(=O)O)ccc1-c1ccoc1. The van der Waals surface area contributed by atoms with Gasteiger partial charge in [-0.25, -0.2) is 4.79 Å². The highest BCUT2D eigenvalue weighted by atomic mass is 16.5. The molecule has 35 heavy (non-hydrogen) atoms. The number of ether oxygens (including phenoxy) is 2. The van der Waals surface area contributed by atoms with Gasteiger partial charge in [0.1, 0.15) is 5.75 Å². The fourth-order valence-electron chi connectivity index (χ4n) is 3.86. The van der Waals surface area contributed by atoms with E-state index in [1.807, 2.05) is 65.0 Å². The fraction of sp³-hybridized carbons (Fsp3) is 0.357. The summed E-state index contributed by atoms with van der Waals surface area (Å²) < 4.78 is 16.5. The average molecular weight is 480 g/mol. The molecule has 0 fully saturated rings. The van der Waals surface area contributed by atoms with Crippen LogP contribution in [-0.4, -0.2) is 35.3 Å². The molecule has 7 nitrogen and oxygen atoms in total. The topological polar surface area (TPSA) is 98.0 Å². The van der Waals surface area contributed by atoms with E-state index in [2.05, 4.69) is 5.32 Å². The molecule has 3 rings (SSSR count). The van der Waals surface area contributed by atoms with Crippen LogP contribution in [0.4, 0.5) is 0 Å². The molecule has 7 heteroatoms. The molecule has 2 N–H and O–H groups in total. The predicted molar refractivity (Wildman–Crippen MR) is 134 cm³/mol. The number of carboxylic acid groups (broad SMARTS) is 1. The standard InChI is InChI=1S/C28H33NO6/c1-17(2)34-23-7-9-24(19(5)12-23)27(30)29-15-22-13-20(14-26(28(31)32)35-18(3)4)6-8-25(22)21-10-11-33-16-21/h6-13,16-18,26H,14-15H2,1-5H3,(H,29,30)(H,31,32). The third kappa shape index (κ3) is 7.20. The van der Waals surface area contributed by atoms with Crippen LogP contribution in [-0.2, 0) is 22.5 Å². The second-order valence-electron chi connectivity index (χ2n) is 9.05. The van der Waals surface area contributed by atoms with E-state index in [9.17, 15) is 14.7 Å². The number of benzene rings is 2. The highest BCUT2D eigenvalue weighted by Gasteiger charge is 2.21. The van der Waals surface area contributed by atoms with E-state index in [0.717, 1.165) is 33.6 Å². The van der Waals surface area contributed by atoms with Gasteiger partial charge in [-0.15, -0.1) is 0 Å². The molecule has 1 heterocycles. The van der Waals surface area contributed by atoms with Gasteiger partial charge in [0.25, 0.3) is 5.91 Å². The van der Waals surface area contributed by atoms with E-state index in [4.69, 9.17) is 13.9 Å². The Morgan fingerprint density at radius 2 is 1.80 bits per heavy atom. The molecule has 3 aromatic rings. The lowest BCUT2D eigenvalue weighted by Crippen LogP contribution is -2.29. The molecule has 2 aromatic carbocycles. The number of aryl methyl sites for hydroxylation is 1. The fourth-order valence-corrected chi connectivity index (χ4v) is 3.86. The molecule has 1 aromatic heterocycles. The lowest BCUT2D eigenvalue weighted by molar-refractivity contribution is -0.153. The quantitative estimate of drug-likeness (QED) is 0.383. The van der Waals surface area contributed by atoms with E-state index in [-0.39, 0.29) is 31.1 Å². The summed E-state index contributed by atoms with van der Waals surface area (Å²) in [7, 11) is 0. The first kappa shape index (κ1) is 26.0. The maximum Gasteiger partial charge on any atom is 0.333 e. The molecule has 0 spiro atoms. The van der Waals surface area contributed by atoms with Gasteiger partial charge in [-0.1, -0.05) is 18.2 Å². The summed E-state index contributed by atoms with van der Waals surface area (Å²) >= 11 is 0. The van der Waals surface area contributed by atoms with Gasteiger partial charge in [-0.3, -0.25) is 4.79 Å². The smallest absolute Gasteiger partial charge is 0.333 e. The number of rotatable bonds is 11. The Hall–Kier alpha value is -3.58. The lowest BCUT2D eigenvalue weighted by atomic mass is 9.96. The van der Waals surface area contributed by atoms with Crippen LogP contribution in [0.2, 0.25) is 0 Å². The summed E-state index contributed by atoms with van der Waals surface area (Å²) in [6.07, 6.45) is 2.34. The summed E-state index contributed by atoms with van der Waals surface area (Å²) in [5, 5.41) is 12.5. The Kier molecular flexibility index (Phi) is 8.71. The first-order valence-corrected chi connectivity index (χ1v) is 11.7. The Bertz CT molecular complexity index is 1150.